The van der Waals surface area contributed by atoms with Crippen molar-refractivity contribution in [3.8, 4) is 11.5 Å². The molecule has 1 N–H and O–H groups in total. The van der Waals surface area contributed by atoms with Gasteiger partial charge in [-0.1, -0.05) is 43.9 Å². The molecule has 1 aliphatic heterocycles. The summed E-state index contributed by atoms with van der Waals surface area (Å²) < 4.78 is 10.8. The zero-order chi connectivity index (χ0) is 16.7. The van der Waals surface area contributed by atoms with Crippen LogP contribution in [0, 0.1) is 0 Å². The molecule has 1 atom stereocenters. The molecule has 1 fully saturated rings. The van der Waals surface area contributed by atoms with Crippen molar-refractivity contribution in [1.82, 2.24) is 10.2 Å². The van der Waals surface area contributed by atoms with Gasteiger partial charge in [0.1, 0.15) is 0 Å². The number of halogens is 3. The van der Waals surface area contributed by atoms with Gasteiger partial charge in [0.2, 0.25) is 0 Å². The first-order valence-corrected chi connectivity index (χ1v) is 8.95. The number of hydrogen-bond acceptors (Lipinski definition) is 4. The Morgan fingerprint density at radius 2 is 1.80 bits per heavy atom. The Labute approximate surface area is 169 Å². The molecule has 0 bridgehead atoms. The SMILES string of the molecule is CCCCC[C@@H](c1ccc(OC)c(OC)c1Cl)N1CCNCC1.Cl.Cl. The number of ether oxygens (including phenoxy) is 2. The maximum Gasteiger partial charge on any atom is 0.179 e. The lowest BCUT2D eigenvalue weighted by Crippen LogP contribution is -2.45. The van der Waals surface area contributed by atoms with Crippen molar-refractivity contribution in [3.63, 3.8) is 0 Å². The Morgan fingerprint density at radius 1 is 1.12 bits per heavy atom. The molecular formula is C18H31Cl3N2O2. The number of hydrogen-bond donors (Lipinski definition) is 1. The van der Waals surface area contributed by atoms with Gasteiger partial charge in [-0.05, 0) is 18.1 Å². The lowest BCUT2D eigenvalue weighted by Gasteiger charge is -2.36. The first-order chi connectivity index (χ1) is 11.2. The smallest absolute Gasteiger partial charge is 0.179 e. The third-order valence-corrected chi connectivity index (χ3v) is 4.94. The van der Waals surface area contributed by atoms with Gasteiger partial charge < -0.3 is 14.8 Å². The minimum atomic E-state index is 0. The predicted molar refractivity (Wildman–Crippen MR) is 110 cm³/mol. The van der Waals surface area contributed by atoms with E-state index in [-0.39, 0.29) is 24.8 Å². The summed E-state index contributed by atoms with van der Waals surface area (Å²) in [5, 5.41) is 4.11. The molecule has 2 rings (SSSR count). The molecule has 0 spiro atoms. The second-order valence-electron chi connectivity index (χ2n) is 6.00. The Hall–Kier alpha value is -0.390. The topological polar surface area (TPSA) is 33.7 Å². The fourth-order valence-electron chi connectivity index (χ4n) is 3.28. The van der Waals surface area contributed by atoms with E-state index < -0.39 is 0 Å². The first kappa shape index (κ1) is 24.6. The van der Waals surface area contributed by atoms with Gasteiger partial charge >= 0.3 is 0 Å². The number of nitrogens with zero attached hydrogens (tertiary/aromatic N) is 1. The van der Waals surface area contributed by atoms with Crippen LogP contribution in [0.25, 0.3) is 0 Å². The summed E-state index contributed by atoms with van der Waals surface area (Å²) in [5.41, 5.74) is 1.15. The van der Waals surface area contributed by atoms with Gasteiger partial charge in [-0.25, -0.2) is 0 Å². The molecule has 1 heterocycles. The number of benzene rings is 1. The maximum atomic E-state index is 6.67. The van der Waals surface area contributed by atoms with Crippen molar-refractivity contribution in [2.24, 2.45) is 0 Å². The Bertz CT molecular complexity index is 497. The number of rotatable bonds is 8. The summed E-state index contributed by atoms with van der Waals surface area (Å²) in [6.07, 6.45) is 4.83. The molecule has 0 aromatic heterocycles. The van der Waals surface area contributed by atoms with E-state index in [0.717, 1.165) is 38.2 Å². The van der Waals surface area contributed by atoms with Crippen LogP contribution < -0.4 is 14.8 Å². The van der Waals surface area contributed by atoms with Crippen molar-refractivity contribution >= 4 is 36.4 Å². The molecule has 25 heavy (non-hydrogen) atoms. The zero-order valence-electron chi connectivity index (χ0n) is 15.3. The highest BCUT2D eigenvalue weighted by Gasteiger charge is 2.26. The molecule has 1 saturated heterocycles. The highest BCUT2D eigenvalue weighted by Crippen LogP contribution is 2.42. The third kappa shape index (κ3) is 6.37. The molecule has 1 aromatic carbocycles. The van der Waals surface area contributed by atoms with E-state index in [2.05, 4.69) is 23.2 Å². The normalized spacial score (nSPS) is 15.7. The average molecular weight is 414 g/mol. The highest BCUT2D eigenvalue weighted by molar-refractivity contribution is 6.33. The number of piperazine rings is 1. The second-order valence-corrected chi connectivity index (χ2v) is 6.38. The molecule has 0 unspecified atom stereocenters. The molecule has 1 aliphatic rings. The van der Waals surface area contributed by atoms with Crippen molar-refractivity contribution in [2.75, 3.05) is 40.4 Å². The van der Waals surface area contributed by atoms with Gasteiger partial charge in [-0.15, -0.1) is 24.8 Å². The summed E-state index contributed by atoms with van der Waals surface area (Å²) in [6.45, 7) is 6.43. The van der Waals surface area contributed by atoms with E-state index in [1.54, 1.807) is 14.2 Å². The van der Waals surface area contributed by atoms with Crippen molar-refractivity contribution < 1.29 is 9.47 Å². The fraction of sp³-hybridized carbons (Fsp3) is 0.667. The molecule has 0 aliphatic carbocycles. The quantitative estimate of drug-likeness (QED) is 0.625. The maximum absolute atomic E-state index is 6.67. The average Bonchev–Trinajstić information content (AvgIpc) is 2.60. The van der Waals surface area contributed by atoms with E-state index >= 15 is 0 Å². The van der Waals surface area contributed by atoms with Crippen LogP contribution in [0.15, 0.2) is 12.1 Å². The van der Waals surface area contributed by atoms with Gasteiger partial charge in [0.05, 0.1) is 19.2 Å². The predicted octanol–water partition coefficient (Wildman–Crippen LogP) is 4.73. The van der Waals surface area contributed by atoms with E-state index in [0.29, 0.717) is 22.6 Å². The van der Waals surface area contributed by atoms with Gasteiger partial charge in [0.25, 0.3) is 0 Å². The van der Waals surface area contributed by atoms with Gasteiger partial charge in [-0.3, -0.25) is 4.90 Å². The van der Waals surface area contributed by atoms with E-state index in [4.69, 9.17) is 21.1 Å². The summed E-state index contributed by atoms with van der Waals surface area (Å²) in [4.78, 5) is 2.54. The van der Waals surface area contributed by atoms with Crippen LogP contribution in [-0.4, -0.2) is 45.3 Å². The summed E-state index contributed by atoms with van der Waals surface area (Å²) in [6, 6.07) is 4.41. The third-order valence-electron chi connectivity index (χ3n) is 4.55. The van der Waals surface area contributed by atoms with E-state index in [1.807, 2.05) is 6.07 Å². The second kappa shape index (κ2) is 12.9. The van der Waals surface area contributed by atoms with E-state index in [1.165, 1.54) is 19.3 Å². The van der Waals surface area contributed by atoms with Crippen LogP contribution >= 0.6 is 36.4 Å². The van der Waals surface area contributed by atoms with Gasteiger partial charge in [0.15, 0.2) is 11.5 Å². The molecule has 1 aromatic rings. The van der Waals surface area contributed by atoms with Crippen LogP contribution in [-0.2, 0) is 0 Å². The molecule has 146 valence electrons. The lowest BCUT2D eigenvalue weighted by atomic mass is 9.97. The fourth-order valence-corrected chi connectivity index (χ4v) is 3.64. The summed E-state index contributed by atoms with van der Waals surface area (Å²) in [7, 11) is 3.29. The van der Waals surface area contributed by atoms with Crippen LogP contribution in [0.5, 0.6) is 11.5 Å². The molecule has 0 amide bonds. The van der Waals surface area contributed by atoms with Crippen LogP contribution in [0.4, 0.5) is 0 Å². The van der Waals surface area contributed by atoms with Crippen molar-refractivity contribution in [1.29, 1.82) is 0 Å². The standard InChI is InChI=1S/C18H29ClN2O2.2ClH/c1-4-5-6-7-15(21-12-10-20-11-13-21)14-8-9-16(22-2)18(23-3)17(14)19;;/h8-9,15,20H,4-7,10-13H2,1-3H3;2*1H/t15-;;/m0../s1. The monoisotopic (exact) mass is 412 g/mol. The zero-order valence-corrected chi connectivity index (χ0v) is 17.7. The summed E-state index contributed by atoms with van der Waals surface area (Å²) in [5.74, 6) is 1.33. The largest absolute Gasteiger partial charge is 0.493 e. The number of unbranched alkanes of at least 4 members (excludes halogenated alkanes) is 2. The van der Waals surface area contributed by atoms with Gasteiger partial charge in [-0.2, -0.15) is 0 Å². The number of methoxy groups -OCH3 is 2. The van der Waals surface area contributed by atoms with Crippen LogP contribution in [0.2, 0.25) is 5.02 Å². The summed E-state index contributed by atoms with van der Waals surface area (Å²) >= 11 is 6.67. The molecule has 7 heteroatoms. The lowest BCUT2D eigenvalue weighted by molar-refractivity contribution is 0.162. The Kier molecular flexibility index (Phi) is 12.7. The highest BCUT2D eigenvalue weighted by atomic mass is 35.5. The van der Waals surface area contributed by atoms with Crippen LogP contribution in [0.1, 0.15) is 44.2 Å². The molecule has 0 saturated carbocycles. The Morgan fingerprint density at radius 3 is 2.36 bits per heavy atom. The van der Waals surface area contributed by atoms with E-state index in [9.17, 15) is 0 Å². The molecule has 0 radical (unpaired) electrons. The minimum absolute atomic E-state index is 0. The molecule has 4 nitrogen and oxygen atoms in total. The van der Waals surface area contributed by atoms with Gasteiger partial charge in [0, 0.05) is 32.2 Å². The first-order valence-electron chi connectivity index (χ1n) is 8.58. The molecular weight excluding hydrogens is 383 g/mol. The number of nitrogens with one attached hydrogen (secondary N) is 1. The van der Waals surface area contributed by atoms with Crippen LogP contribution in [0.3, 0.4) is 0 Å². The Balaban J connectivity index is 0.00000288. The van der Waals surface area contributed by atoms with Crippen molar-refractivity contribution in [3.05, 3.63) is 22.7 Å². The minimum Gasteiger partial charge on any atom is -0.493 e. The van der Waals surface area contributed by atoms with Crippen molar-refractivity contribution in [2.45, 2.75) is 38.6 Å².